The van der Waals surface area contributed by atoms with Crippen molar-refractivity contribution in [2.45, 2.75) is 435 Å². The highest BCUT2D eigenvalue weighted by molar-refractivity contribution is 7.47. The first-order chi connectivity index (χ1) is 62.8. The van der Waals surface area contributed by atoms with Crippen LogP contribution in [0.1, 0.15) is 214 Å². The van der Waals surface area contributed by atoms with Crippen LogP contribution in [0, 0.1) is 0 Å². The number of rotatable bonds is 63. The molecule has 768 valence electrons. The SMILES string of the molecule is CCCCCCCCCCCCCCCCOC[C@H](COP(=O)(O)OCCNC1O[C@H](CO)[C@@H](O[C@@H]2O[C@H](CO)[C@@H](O[C@@H]3O[C@H](CO[C@H]4O[C@H](CO)[C@@H](O)[C@H](O)[C@@H]4O)[C@@H](O)[C@H](O[C@H]4O[C@H](CO)[C@@H](O)[C@H](O)[C@@H]4O[C@@H]4O[C@H](CO)[C@@H](O[C@@H]5O[C@H](CO)[C@H](O)[C@H](O)[C@H]5O)[C@H](O)[C@H]4NC(C)=O)[C@@H]3O)[C@H](O)[C@H]2NC(C)=O)[C@H](O)[C@H]1NC(C)=O)OCCCCCCCCCCCCCCCC. The Bertz CT molecular complexity index is 3150. The highest BCUT2D eigenvalue weighted by atomic mass is 31.2. The van der Waals surface area contributed by atoms with Crippen LogP contribution >= 0.6 is 7.82 Å². The van der Waals surface area contributed by atoms with E-state index in [1.807, 2.05) is 0 Å². The summed E-state index contributed by atoms with van der Waals surface area (Å²) in [4.78, 5) is 50.0. The zero-order valence-corrected chi connectivity index (χ0v) is 77.1. The zero-order valence-electron chi connectivity index (χ0n) is 76.2. The van der Waals surface area contributed by atoms with Crippen molar-refractivity contribution in [1.29, 1.82) is 0 Å². The van der Waals surface area contributed by atoms with Gasteiger partial charge in [0.05, 0.1) is 72.1 Å². The fourth-order valence-electron chi connectivity index (χ4n) is 17.2. The number of phosphoric ester groups is 1. The number of aliphatic hydroxyl groups excluding tert-OH is 19. The molecule has 46 heteroatoms. The van der Waals surface area contributed by atoms with Gasteiger partial charge in [0.15, 0.2) is 37.7 Å². The Morgan fingerprint density at radius 3 is 1.11 bits per heavy atom. The Morgan fingerprint density at radius 2 is 0.664 bits per heavy atom. The fourth-order valence-corrected chi connectivity index (χ4v) is 17.9. The van der Waals surface area contributed by atoms with Crippen molar-refractivity contribution in [1.82, 2.24) is 21.3 Å². The number of ether oxygens (including phenoxy) is 15. The average Bonchev–Trinajstić information content (AvgIpc) is 0.764. The van der Waals surface area contributed by atoms with Crippen LogP contribution in [0.5, 0.6) is 0 Å². The van der Waals surface area contributed by atoms with E-state index in [1.54, 1.807) is 0 Å². The molecule has 0 spiro atoms. The van der Waals surface area contributed by atoms with E-state index in [0.29, 0.717) is 13.2 Å². The molecule has 0 aromatic carbocycles. The minimum atomic E-state index is -4.81. The van der Waals surface area contributed by atoms with Gasteiger partial charge < -0.3 is 189 Å². The summed E-state index contributed by atoms with van der Waals surface area (Å²) in [6.45, 7) is 0.0801. The van der Waals surface area contributed by atoms with Gasteiger partial charge in [-0.05, 0) is 12.8 Å². The summed E-state index contributed by atoms with van der Waals surface area (Å²) in [6.07, 6.45) is -31.2. The summed E-state index contributed by atoms with van der Waals surface area (Å²) in [6, 6.07) is -5.27. The van der Waals surface area contributed by atoms with Crippen molar-refractivity contribution in [3.8, 4) is 0 Å². The van der Waals surface area contributed by atoms with E-state index in [9.17, 15) is 121 Å². The Labute approximate surface area is 765 Å². The molecule has 7 heterocycles. The monoisotopic (exact) mass is 1920 g/mol. The number of aliphatic hydroxyl groups is 19. The van der Waals surface area contributed by atoms with Gasteiger partial charge in [-0.3, -0.25) is 28.7 Å². The lowest BCUT2D eigenvalue weighted by Crippen LogP contribution is -2.71. The maximum atomic E-state index is 13.5. The molecule has 7 aliphatic rings. The van der Waals surface area contributed by atoms with Crippen LogP contribution in [0.4, 0.5) is 0 Å². The second-order valence-corrected chi connectivity index (χ2v) is 36.6. The molecule has 7 fully saturated rings. The third-order valence-corrected chi connectivity index (χ3v) is 25.7. The summed E-state index contributed by atoms with van der Waals surface area (Å²) in [5.41, 5.74) is 0. The van der Waals surface area contributed by atoms with Crippen LogP contribution in [0.15, 0.2) is 0 Å². The lowest BCUT2D eigenvalue weighted by Gasteiger charge is -2.51. The molecule has 2 unspecified atom stereocenters. The van der Waals surface area contributed by atoms with Crippen LogP contribution in [0.25, 0.3) is 0 Å². The van der Waals surface area contributed by atoms with E-state index >= 15 is 0 Å². The second-order valence-electron chi connectivity index (χ2n) is 35.2. The van der Waals surface area contributed by atoms with Crippen LogP contribution in [0.3, 0.4) is 0 Å². The smallest absolute Gasteiger partial charge is 0.394 e. The van der Waals surface area contributed by atoms with Gasteiger partial charge in [-0.1, -0.05) is 181 Å². The van der Waals surface area contributed by atoms with Crippen LogP contribution in [0.2, 0.25) is 0 Å². The van der Waals surface area contributed by atoms with Gasteiger partial charge in [0.2, 0.25) is 17.7 Å². The summed E-state index contributed by atoms with van der Waals surface area (Å²) < 4.78 is 114. The molecular formula is C85H157N4O41P. The van der Waals surface area contributed by atoms with E-state index < -0.39 is 299 Å². The molecular weight excluding hydrogens is 1760 g/mol. The molecule has 0 aromatic rings. The maximum Gasteiger partial charge on any atom is 0.472 e. The van der Waals surface area contributed by atoms with Gasteiger partial charge in [0.25, 0.3) is 0 Å². The Kier molecular flexibility index (Phi) is 53.6. The molecule has 0 saturated carbocycles. The van der Waals surface area contributed by atoms with Gasteiger partial charge in [-0.15, -0.1) is 0 Å². The molecule has 7 rings (SSSR count). The molecule has 7 aliphatic heterocycles. The summed E-state index contributed by atoms with van der Waals surface area (Å²) in [7, 11) is -4.81. The average molecular weight is 1920 g/mol. The van der Waals surface area contributed by atoms with Crippen molar-refractivity contribution in [3.63, 3.8) is 0 Å². The van der Waals surface area contributed by atoms with Crippen molar-refractivity contribution in [2.75, 3.05) is 85.8 Å². The Hall–Kier alpha value is -2.88. The van der Waals surface area contributed by atoms with Gasteiger partial charge in [-0.25, -0.2) is 4.57 Å². The molecule has 45 nitrogen and oxygen atoms in total. The highest BCUT2D eigenvalue weighted by Gasteiger charge is 2.60. The molecule has 131 heavy (non-hydrogen) atoms. The van der Waals surface area contributed by atoms with Gasteiger partial charge in [-0.2, -0.15) is 0 Å². The topological polar surface area (TPSA) is 678 Å². The standard InChI is InChI=1S/C85H157N4O41P/c1-6-8-10-12-14-16-18-20-22-24-26-28-30-32-35-114-44-50(115-36-33-31-29-27-25-23-21-19-17-15-13-11-9-7-2)45-118-131(112,113)117-37-34-86-79-58(87-47(3)96)65(103)74(54(41-93)119-79)126-80-59(88-48(4)97)66(104)76(56(43-95)123-80)128-84-73(111)77(64(102)57(125-84)46-116-82-71(109)68(106)61(99)51(38-90)120-82)129-85-78(70(108)63(101)53(40-92)122-85)130-81-60(89-49(5)98)67(105)75(55(42-94)124-81)127-83-72(110)69(107)62(100)52(39-91)121-83/h50-86,90-95,99-111H,6-46H2,1-5H3,(H,87,96)(H,88,97)(H,89,98)(H,112,113)/t50-,51-,52-,53-,54-,55-,56-,57-,58-,59-,60-,61-,62+,63-,64-,65-,66-,67-,68+,69+,70+,71+,72-,73+,74-,75-,76-,77+,78+,79?,80+,81+,82+,83+,84+,85-/m1/s1. The number of hydrogen-bond acceptors (Lipinski definition) is 41. The molecule has 0 radical (unpaired) electrons. The number of amides is 3. The number of carbonyl (C=O) groups is 3. The molecule has 24 N–H and O–H groups in total. The largest absolute Gasteiger partial charge is 0.472 e. The molecule has 37 atom stereocenters. The Morgan fingerprint density at radius 1 is 0.321 bits per heavy atom. The number of nitrogens with one attached hydrogen (secondary N) is 4. The van der Waals surface area contributed by atoms with E-state index in [0.717, 1.165) is 72.1 Å². The van der Waals surface area contributed by atoms with Crippen LogP contribution in [-0.4, -0.2) is 426 Å². The second kappa shape index (κ2) is 61.0. The predicted molar refractivity (Wildman–Crippen MR) is 455 cm³/mol. The lowest BCUT2D eigenvalue weighted by atomic mass is 9.93. The number of hydrogen-bond donors (Lipinski definition) is 24. The van der Waals surface area contributed by atoms with Gasteiger partial charge >= 0.3 is 7.82 Å². The van der Waals surface area contributed by atoms with E-state index in [1.165, 1.54) is 128 Å². The summed E-state index contributed by atoms with van der Waals surface area (Å²) in [5, 5.41) is 222. The van der Waals surface area contributed by atoms with Crippen LogP contribution in [-0.2, 0) is 99.0 Å². The molecule has 0 aromatic heterocycles. The number of carbonyl (C=O) groups excluding carboxylic acids is 3. The number of unbranched alkanes of at least 4 members (excludes halogenated alkanes) is 26. The van der Waals surface area contributed by atoms with E-state index in [-0.39, 0.29) is 19.8 Å². The molecule has 0 bridgehead atoms. The number of phosphoric acid groups is 1. The maximum absolute atomic E-state index is 13.5. The first-order valence-corrected chi connectivity index (χ1v) is 48.6. The summed E-state index contributed by atoms with van der Waals surface area (Å²) in [5.74, 6) is -2.53. The van der Waals surface area contributed by atoms with E-state index in [2.05, 4.69) is 35.1 Å². The fraction of sp³-hybridized carbons (Fsp3) is 0.965. The first kappa shape index (κ1) is 115. The Balaban J connectivity index is 1.02. The van der Waals surface area contributed by atoms with Gasteiger partial charge in [0.1, 0.15) is 177 Å². The normalized spacial score (nSPS) is 37.3. The third-order valence-electron chi connectivity index (χ3n) is 24.7. The van der Waals surface area contributed by atoms with Crippen molar-refractivity contribution in [2.24, 2.45) is 0 Å². The lowest BCUT2D eigenvalue weighted by molar-refractivity contribution is -0.397. The highest BCUT2D eigenvalue weighted by Crippen LogP contribution is 2.44. The molecule has 0 aliphatic carbocycles. The molecule has 7 saturated heterocycles. The van der Waals surface area contributed by atoms with E-state index in [4.69, 9.17) is 80.1 Å². The summed E-state index contributed by atoms with van der Waals surface area (Å²) >= 11 is 0. The van der Waals surface area contributed by atoms with Crippen molar-refractivity contribution in [3.05, 3.63) is 0 Å². The van der Waals surface area contributed by atoms with Crippen molar-refractivity contribution < 1.29 is 201 Å². The first-order valence-electron chi connectivity index (χ1n) is 47.2. The molecule has 3 amide bonds. The quantitative estimate of drug-likeness (QED) is 0.0205. The van der Waals surface area contributed by atoms with Crippen LogP contribution < -0.4 is 21.3 Å². The minimum Gasteiger partial charge on any atom is -0.394 e. The van der Waals surface area contributed by atoms with Gasteiger partial charge in [0, 0.05) is 40.5 Å². The predicted octanol–water partition coefficient (Wildman–Crippen LogP) is -3.75. The minimum absolute atomic E-state index is 0.0973. The van der Waals surface area contributed by atoms with Crippen molar-refractivity contribution >= 4 is 25.5 Å². The third kappa shape index (κ3) is 36.0. The zero-order chi connectivity index (χ0) is 95.9.